The number of benzene rings is 1. The summed E-state index contributed by atoms with van der Waals surface area (Å²) in [4.78, 5) is 36.4. The topological polar surface area (TPSA) is 111 Å². The minimum Gasteiger partial charge on any atom is -0.452 e. The highest BCUT2D eigenvalue weighted by Gasteiger charge is 2.16. The van der Waals surface area contributed by atoms with Gasteiger partial charge in [0.1, 0.15) is 5.76 Å². The Morgan fingerprint density at radius 1 is 1.29 bits per heavy atom. The molecule has 2 aromatic rings. The van der Waals surface area contributed by atoms with Gasteiger partial charge in [0.2, 0.25) is 0 Å². The number of imide groups is 1. The molecule has 0 saturated carbocycles. The lowest BCUT2D eigenvalue weighted by atomic mass is 10.2. The number of nitrogens with one attached hydrogen (secondary N) is 2. The van der Waals surface area contributed by atoms with Gasteiger partial charge in [-0.05, 0) is 32.4 Å². The smallest absolute Gasteiger partial charge is 0.339 e. The Labute approximate surface area is 167 Å². The van der Waals surface area contributed by atoms with Crippen molar-refractivity contribution in [3.63, 3.8) is 0 Å². The van der Waals surface area contributed by atoms with E-state index in [0.717, 1.165) is 12.1 Å². The van der Waals surface area contributed by atoms with Crippen LogP contribution < -0.4 is 10.6 Å². The summed E-state index contributed by atoms with van der Waals surface area (Å²) in [5, 5.41) is 8.64. The molecule has 9 heteroatoms. The van der Waals surface area contributed by atoms with Gasteiger partial charge >= 0.3 is 12.0 Å². The van der Waals surface area contributed by atoms with Crippen molar-refractivity contribution in [2.75, 3.05) is 6.61 Å². The predicted molar refractivity (Wildman–Crippen MR) is 104 cm³/mol. The molecule has 0 bridgehead atoms. The number of esters is 1. The third-order valence-electron chi connectivity index (χ3n) is 3.74. The summed E-state index contributed by atoms with van der Waals surface area (Å²) in [6.07, 6.45) is 0.735. The molecule has 3 amide bonds. The van der Waals surface area contributed by atoms with Crippen LogP contribution in [0.3, 0.4) is 0 Å². The quantitative estimate of drug-likeness (QED) is 0.513. The molecule has 1 aromatic heterocycles. The Hall–Kier alpha value is -2.81. The molecule has 0 spiro atoms. The summed E-state index contributed by atoms with van der Waals surface area (Å²) >= 11 is 1.41. The van der Waals surface area contributed by atoms with Gasteiger partial charge in [-0.25, -0.2) is 9.59 Å². The second-order valence-electron chi connectivity index (χ2n) is 6.12. The SMILES string of the molecule is CC[C@@H](C)NC(=O)NC(=O)COC(=O)c1ccccc1SCc1cc(C)on1. The van der Waals surface area contributed by atoms with E-state index in [0.29, 0.717) is 22.0 Å². The number of carbonyl (C=O) groups is 3. The standard InChI is InChI=1S/C19H23N3O5S/c1-4-12(2)20-19(25)21-17(23)10-26-18(24)15-7-5-6-8-16(15)28-11-14-9-13(3)27-22-14/h5-9,12H,4,10-11H2,1-3H3,(H2,20,21,23,25)/t12-/m1/s1. The maximum Gasteiger partial charge on any atom is 0.339 e. The highest BCUT2D eigenvalue weighted by molar-refractivity contribution is 7.98. The van der Waals surface area contributed by atoms with Gasteiger partial charge in [0, 0.05) is 22.8 Å². The van der Waals surface area contributed by atoms with E-state index in [4.69, 9.17) is 9.26 Å². The maximum atomic E-state index is 12.3. The lowest BCUT2D eigenvalue weighted by Crippen LogP contribution is -2.44. The van der Waals surface area contributed by atoms with E-state index in [9.17, 15) is 14.4 Å². The zero-order valence-corrected chi connectivity index (χ0v) is 16.8. The Balaban J connectivity index is 1.88. The lowest BCUT2D eigenvalue weighted by molar-refractivity contribution is -0.123. The first-order valence-electron chi connectivity index (χ1n) is 8.80. The summed E-state index contributed by atoms with van der Waals surface area (Å²) in [7, 11) is 0. The first kappa shape index (κ1) is 21.5. The van der Waals surface area contributed by atoms with Crippen LogP contribution >= 0.6 is 11.8 Å². The van der Waals surface area contributed by atoms with Crippen molar-refractivity contribution in [1.82, 2.24) is 15.8 Å². The second kappa shape index (κ2) is 10.5. The van der Waals surface area contributed by atoms with Crippen molar-refractivity contribution in [3.8, 4) is 0 Å². The number of urea groups is 1. The summed E-state index contributed by atoms with van der Waals surface area (Å²) in [5.41, 5.74) is 1.10. The highest BCUT2D eigenvalue weighted by atomic mass is 32.2. The molecule has 0 aliphatic heterocycles. The van der Waals surface area contributed by atoms with E-state index in [1.807, 2.05) is 19.9 Å². The zero-order valence-electron chi connectivity index (χ0n) is 16.0. The number of hydrogen-bond acceptors (Lipinski definition) is 7. The van der Waals surface area contributed by atoms with Gasteiger partial charge in [-0.3, -0.25) is 10.1 Å². The van der Waals surface area contributed by atoms with Gasteiger partial charge in [0.15, 0.2) is 6.61 Å². The van der Waals surface area contributed by atoms with Crippen LogP contribution in [-0.2, 0) is 15.3 Å². The van der Waals surface area contributed by atoms with Crippen molar-refractivity contribution >= 4 is 29.7 Å². The number of aryl methyl sites for hydroxylation is 1. The average molecular weight is 405 g/mol. The van der Waals surface area contributed by atoms with Crippen LogP contribution in [0.15, 0.2) is 39.8 Å². The van der Waals surface area contributed by atoms with Crippen LogP contribution in [0.2, 0.25) is 0 Å². The summed E-state index contributed by atoms with van der Waals surface area (Å²) in [6, 6.07) is 8.06. The van der Waals surface area contributed by atoms with E-state index in [-0.39, 0.29) is 6.04 Å². The van der Waals surface area contributed by atoms with Crippen LogP contribution in [0.25, 0.3) is 0 Å². The number of nitrogens with zero attached hydrogens (tertiary/aromatic N) is 1. The van der Waals surface area contributed by atoms with Gasteiger partial charge in [0.25, 0.3) is 5.91 Å². The number of rotatable bonds is 8. The summed E-state index contributed by atoms with van der Waals surface area (Å²) in [6.45, 7) is 4.99. The first-order valence-corrected chi connectivity index (χ1v) is 9.79. The number of amides is 3. The lowest BCUT2D eigenvalue weighted by Gasteiger charge is -2.12. The molecule has 0 aliphatic rings. The van der Waals surface area contributed by atoms with Crippen molar-refractivity contribution < 1.29 is 23.6 Å². The van der Waals surface area contributed by atoms with Crippen LogP contribution in [-0.4, -0.2) is 35.7 Å². The fourth-order valence-corrected chi connectivity index (χ4v) is 3.05. The average Bonchev–Trinajstić information content (AvgIpc) is 3.09. The van der Waals surface area contributed by atoms with Crippen LogP contribution in [0.5, 0.6) is 0 Å². The molecule has 28 heavy (non-hydrogen) atoms. The van der Waals surface area contributed by atoms with Gasteiger partial charge < -0.3 is 14.6 Å². The van der Waals surface area contributed by atoms with Crippen molar-refractivity contribution in [3.05, 3.63) is 47.3 Å². The number of thioether (sulfide) groups is 1. The van der Waals surface area contributed by atoms with Gasteiger partial charge in [-0.2, -0.15) is 0 Å². The molecule has 8 nitrogen and oxygen atoms in total. The molecule has 0 unspecified atom stereocenters. The molecule has 1 atom stereocenters. The maximum absolute atomic E-state index is 12.3. The number of ether oxygens (including phenoxy) is 1. The van der Waals surface area contributed by atoms with Crippen molar-refractivity contribution in [1.29, 1.82) is 0 Å². The summed E-state index contributed by atoms with van der Waals surface area (Å²) in [5.74, 6) is -0.0984. The third-order valence-corrected chi connectivity index (χ3v) is 4.84. The van der Waals surface area contributed by atoms with Gasteiger partial charge in [-0.15, -0.1) is 11.8 Å². The molecule has 0 radical (unpaired) electrons. The van der Waals surface area contributed by atoms with Crippen LogP contribution in [0, 0.1) is 6.92 Å². The van der Waals surface area contributed by atoms with E-state index in [1.54, 1.807) is 31.2 Å². The molecule has 0 saturated heterocycles. The fourth-order valence-electron chi connectivity index (χ4n) is 2.13. The Bertz CT molecular complexity index is 836. The Morgan fingerprint density at radius 3 is 2.71 bits per heavy atom. The number of carbonyl (C=O) groups excluding carboxylic acids is 3. The molecule has 1 heterocycles. The second-order valence-corrected chi connectivity index (χ2v) is 7.14. The zero-order chi connectivity index (χ0) is 20.5. The van der Waals surface area contributed by atoms with E-state index in [2.05, 4.69) is 15.8 Å². The predicted octanol–water partition coefficient (Wildman–Crippen LogP) is 3.06. The van der Waals surface area contributed by atoms with Crippen molar-refractivity contribution in [2.45, 2.75) is 43.9 Å². The molecular weight excluding hydrogens is 382 g/mol. The van der Waals surface area contributed by atoms with E-state index >= 15 is 0 Å². The molecule has 0 aliphatic carbocycles. The molecule has 1 aromatic carbocycles. The molecule has 2 N–H and O–H groups in total. The highest BCUT2D eigenvalue weighted by Crippen LogP contribution is 2.26. The number of aromatic nitrogens is 1. The van der Waals surface area contributed by atoms with E-state index in [1.165, 1.54) is 11.8 Å². The van der Waals surface area contributed by atoms with Gasteiger partial charge in [-0.1, -0.05) is 24.2 Å². The minimum absolute atomic E-state index is 0.0623. The normalized spacial score (nSPS) is 11.5. The number of hydrogen-bond donors (Lipinski definition) is 2. The van der Waals surface area contributed by atoms with Gasteiger partial charge in [0.05, 0.1) is 11.3 Å². The first-order chi connectivity index (χ1) is 13.4. The fraction of sp³-hybridized carbons (Fsp3) is 0.368. The van der Waals surface area contributed by atoms with Crippen LogP contribution in [0.4, 0.5) is 4.79 Å². The Morgan fingerprint density at radius 2 is 2.04 bits per heavy atom. The largest absolute Gasteiger partial charge is 0.452 e. The monoisotopic (exact) mass is 405 g/mol. The van der Waals surface area contributed by atoms with Crippen LogP contribution in [0.1, 0.15) is 42.1 Å². The Kier molecular flexibility index (Phi) is 8.06. The summed E-state index contributed by atoms with van der Waals surface area (Å²) < 4.78 is 10.1. The molecule has 150 valence electrons. The molecular formula is C19H23N3O5S. The minimum atomic E-state index is -0.697. The third kappa shape index (κ3) is 6.73. The van der Waals surface area contributed by atoms with E-state index < -0.39 is 24.5 Å². The molecule has 0 fully saturated rings. The molecule has 2 rings (SSSR count). The van der Waals surface area contributed by atoms with Crippen molar-refractivity contribution in [2.24, 2.45) is 0 Å².